The first-order chi connectivity index (χ1) is 11.4. The number of benzene rings is 2. The number of hydrogen-bond donors (Lipinski definition) is 2. The van der Waals surface area contributed by atoms with E-state index in [0.717, 1.165) is 10.5 Å². The van der Waals surface area contributed by atoms with Crippen molar-refractivity contribution in [3.05, 3.63) is 62.8 Å². The van der Waals surface area contributed by atoms with Crippen LogP contribution in [-0.2, 0) is 4.79 Å². The molecule has 8 heteroatoms. The van der Waals surface area contributed by atoms with Crippen LogP contribution in [-0.4, -0.2) is 17.9 Å². The highest BCUT2D eigenvalue weighted by atomic mass is 79.9. The van der Waals surface area contributed by atoms with Gasteiger partial charge in [0.1, 0.15) is 11.6 Å². The Labute approximate surface area is 154 Å². The Bertz CT molecular complexity index is 771. The van der Waals surface area contributed by atoms with Crippen molar-refractivity contribution in [3.63, 3.8) is 0 Å². The number of hydrazine groups is 1. The van der Waals surface area contributed by atoms with E-state index < -0.39 is 23.7 Å². The molecule has 0 aliphatic carbocycles. The summed E-state index contributed by atoms with van der Waals surface area (Å²) >= 11 is 6.40. The van der Waals surface area contributed by atoms with Crippen LogP contribution >= 0.6 is 31.9 Å². The summed E-state index contributed by atoms with van der Waals surface area (Å²) in [6.07, 6.45) is -0.852. The van der Waals surface area contributed by atoms with E-state index in [4.69, 9.17) is 4.74 Å². The van der Waals surface area contributed by atoms with Gasteiger partial charge >= 0.3 is 0 Å². The maximum absolute atomic E-state index is 13.7. The molecule has 2 rings (SSSR count). The van der Waals surface area contributed by atoms with Crippen molar-refractivity contribution in [2.75, 3.05) is 0 Å². The molecular weight excluding hydrogens is 447 g/mol. The van der Waals surface area contributed by atoms with E-state index in [0.29, 0.717) is 10.2 Å². The quantitative estimate of drug-likeness (QED) is 0.686. The van der Waals surface area contributed by atoms with Crippen LogP contribution < -0.4 is 15.6 Å². The van der Waals surface area contributed by atoms with Gasteiger partial charge in [0.05, 0.1) is 5.56 Å². The summed E-state index contributed by atoms with van der Waals surface area (Å²) in [6, 6.07) is 11.0. The number of rotatable bonds is 4. The number of carbonyl (C=O) groups is 2. The first-order valence-electron chi connectivity index (χ1n) is 6.84. The lowest BCUT2D eigenvalue weighted by Crippen LogP contribution is -2.47. The van der Waals surface area contributed by atoms with E-state index in [9.17, 15) is 14.0 Å². The molecular formula is C16H13Br2FN2O3. The molecule has 1 atom stereocenters. The average molecular weight is 460 g/mol. The highest BCUT2D eigenvalue weighted by Crippen LogP contribution is 2.19. The van der Waals surface area contributed by atoms with Gasteiger partial charge in [-0.15, -0.1) is 0 Å². The van der Waals surface area contributed by atoms with Crippen LogP contribution in [0.3, 0.4) is 0 Å². The Balaban J connectivity index is 1.91. The molecule has 0 fully saturated rings. The molecule has 0 spiro atoms. The minimum atomic E-state index is -0.852. The van der Waals surface area contributed by atoms with Gasteiger partial charge in [0.2, 0.25) is 0 Å². The fourth-order valence-electron chi connectivity index (χ4n) is 1.76. The Morgan fingerprint density at radius 2 is 1.79 bits per heavy atom. The zero-order valence-electron chi connectivity index (χ0n) is 12.5. The zero-order valence-corrected chi connectivity index (χ0v) is 15.6. The second kappa shape index (κ2) is 8.25. The lowest BCUT2D eigenvalue weighted by molar-refractivity contribution is -0.128. The van der Waals surface area contributed by atoms with Gasteiger partial charge in [-0.25, -0.2) is 4.39 Å². The van der Waals surface area contributed by atoms with E-state index in [-0.39, 0.29) is 5.56 Å². The summed E-state index contributed by atoms with van der Waals surface area (Å²) in [7, 11) is 0. The standard InChI is InChI=1S/C16H13Br2FN2O3/c1-9(24-12-4-2-3-10(17)7-12)15(22)20-21-16(23)13-6-5-11(18)8-14(13)19/h2-9H,1H3,(H,20,22)(H,21,23). The van der Waals surface area contributed by atoms with E-state index >= 15 is 0 Å². The summed E-state index contributed by atoms with van der Waals surface area (Å²) in [5, 5.41) is 0. The summed E-state index contributed by atoms with van der Waals surface area (Å²) < 4.78 is 20.5. The second-order valence-corrected chi connectivity index (χ2v) is 6.62. The van der Waals surface area contributed by atoms with Crippen molar-refractivity contribution in [1.29, 1.82) is 0 Å². The Hall–Kier alpha value is -1.93. The van der Waals surface area contributed by atoms with Gasteiger partial charge in [0.15, 0.2) is 6.10 Å². The van der Waals surface area contributed by atoms with Crippen molar-refractivity contribution in [2.24, 2.45) is 0 Å². The van der Waals surface area contributed by atoms with E-state index in [1.54, 1.807) is 18.2 Å². The molecule has 1 unspecified atom stereocenters. The van der Waals surface area contributed by atoms with Gasteiger partial charge in [0.25, 0.3) is 11.8 Å². The molecule has 0 radical (unpaired) electrons. The summed E-state index contributed by atoms with van der Waals surface area (Å²) in [5.41, 5.74) is 4.18. The highest BCUT2D eigenvalue weighted by Gasteiger charge is 2.17. The minimum absolute atomic E-state index is 0.181. The Morgan fingerprint density at radius 3 is 2.46 bits per heavy atom. The second-order valence-electron chi connectivity index (χ2n) is 4.78. The number of hydrogen-bond acceptors (Lipinski definition) is 3. The van der Waals surface area contributed by atoms with E-state index in [1.165, 1.54) is 19.1 Å². The normalized spacial score (nSPS) is 11.5. The topological polar surface area (TPSA) is 67.4 Å². The first-order valence-corrected chi connectivity index (χ1v) is 8.43. The number of ether oxygens (including phenoxy) is 1. The fourth-order valence-corrected chi connectivity index (χ4v) is 2.47. The molecule has 5 nitrogen and oxygen atoms in total. The van der Waals surface area contributed by atoms with Crippen molar-refractivity contribution >= 4 is 43.7 Å². The van der Waals surface area contributed by atoms with Crippen LogP contribution in [0.1, 0.15) is 17.3 Å². The lowest BCUT2D eigenvalue weighted by Gasteiger charge is -2.15. The van der Waals surface area contributed by atoms with Crippen LogP contribution in [0, 0.1) is 5.82 Å². The molecule has 2 aromatic rings. The molecule has 0 aromatic heterocycles. The van der Waals surface area contributed by atoms with Gasteiger partial charge in [0, 0.05) is 8.95 Å². The largest absolute Gasteiger partial charge is 0.481 e. The third-order valence-corrected chi connectivity index (χ3v) is 3.94. The number of nitrogens with one attached hydrogen (secondary N) is 2. The molecule has 2 N–H and O–H groups in total. The molecule has 24 heavy (non-hydrogen) atoms. The number of carbonyl (C=O) groups excluding carboxylic acids is 2. The maximum Gasteiger partial charge on any atom is 0.279 e. The molecule has 0 bridgehead atoms. The van der Waals surface area contributed by atoms with Gasteiger partial charge in [-0.2, -0.15) is 0 Å². The van der Waals surface area contributed by atoms with Crippen LogP contribution in [0.25, 0.3) is 0 Å². The zero-order chi connectivity index (χ0) is 17.7. The SMILES string of the molecule is CC(Oc1cccc(Br)c1)C(=O)NNC(=O)c1ccc(Br)cc1F. The van der Waals surface area contributed by atoms with Crippen molar-refractivity contribution in [3.8, 4) is 5.75 Å². The Morgan fingerprint density at radius 1 is 1.08 bits per heavy atom. The van der Waals surface area contributed by atoms with Gasteiger partial charge < -0.3 is 4.74 Å². The summed E-state index contributed by atoms with van der Waals surface area (Å²) in [5.74, 6) is -1.53. The third kappa shape index (κ3) is 5.04. The van der Waals surface area contributed by atoms with Crippen molar-refractivity contribution in [2.45, 2.75) is 13.0 Å². The monoisotopic (exact) mass is 458 g/mol. The molecule has 0 heterocycles. The smallest absolute Gasteiger partial charge is 0.279 e. The van der Waals surface area contributed by atoms with Gasteiger partial charge in [-0.3, -0.25) is 20.4 Å². The minimum Gasteiger partial charge on any atom is -0.481 e. The van der Waals surface area contributed by atoms with Gasteiger partial charge in [-0.05, 0) is 43.3 Å². The maximum atomic E-state index is 13.7. The Kier molecular flexibility index (Phi) is 6.33. The predicted molar refractivity (Wildman–Crippen MR) is 93.9 cm³/mol. The molecule has 2 amide bonds. The summed E-state index contributed by atoms with van der Waals surface area (Å²) in [6.45, 7) is 1.53. The molecule has 0 saturated carbocycles. The highest BCUT2D eigenvalue weighted by molar-refractivity contribution is 9.10. The first kappa shape index (κ1) is 18.4. The predicted octanol–water partition coefficient (Wildman–Crippen LogP) is 3.58. The van der Waals surface area contributed by atoms with Crippen LogP contribution in [0.5, 0.6) is 5.75 Å². The van der Waals surface area contributed by atoms with Gasteiger partial charge in [-0.1, -0.05) is 37.9 Å². The molecule has 126 valence electrons. The molecule has 2 aromatic carbocycles. The van der Waals surface area contributed by atoms with Crippen LogP contribution in [0.4, 0.5) is 4.39 Å². The van der Waals surface area contributed by atoms with E-state index in [1.807, 2.05) is 6.07 Å². The van der Waals surface area contributed by atoms with E-state index in [2.05, 4.69) is 42.7 Å². The number of amides is 2. The van der Waals surface area contributed by atoms with Crippen LogP contribution in [0.15, 0.2) is 51.4 Å². The fraction of sp³-hybridized carbons (Fsp3) is 0.125. The molecule has 0 saturated heterocycles. The lowest BCUT2D eigenvalue weighted by atomic mass is 10.2. The van der Waals surface area contributed by atoms with Crippen LogP contribution in [0.2, 0.25) is 0 Å². The average Bonchev–Trinajstić information content (AvgIpc) is 2.52. The third-order valence-electron chi connectivity index (χ3n) is 2.95. The van der Waals surface area contributed by atoms with Crippen molar-refractivity contribution < 1.29 is 18.7 Å². The molecule has 0 aliphatic heterocycles. The number of halogens is 3. The van der Waals surface area contributed by atoms with Crippen molar-refractivity contribution in [1.82, 2.24) is 10.9 Å². The summed E-state index contributed by atoms with van der Waals surface area (Å²) in [4.78, 5) is 23.8. The molecule has 0 aliphatic rings.